The van der Waals surface area contributed by atoms with Gasteiger partial charge in [0.25, 0.3) is 0 Å². The molecule has 9 nitrogen and oxygen atoms in total. The summed E-state index contributed by atoms with van der Waals surface area (Å²) in [7, 11) is 0. The topological polar surface area (TPSA) is 174 Å². The molecule has 0 fully saturated rings. The molecule has 0 saturated heterocycles. The predicted octanol–water partition coefficient (Wildman–Crippen LogP) is -3.23. The fourth-order valence-electron chi connectivity index (χ4n) is 0.0986. The van der Waals surface area contributed by atoms with Gasteiger partial charge in [0, 0.05) is 0 Å². The van der Waals surface area contributed by atoms with Crippen molar-refractivity contribution in [1.82, 2.24) is 0 Å². The quantitative estimate of drug-likeness (QED) is 0.319. The summed E-state index contributed by atoms with van der Waals surface area (Å²) < 4.78 is 0. The molecular formula is C3H4CaN4O5. The number of carbonyl (C=O) groups is 3. The van der Waals surface area contributed by atoms with E-state index < -0.39 is 18.2 Å². The molecule has 13 heavy (non-hydrogen) atoms. The Kier molecular flexibility index (Phi) is 15.3. The molecule has 0 aromatic carbocycles. The minimum atomic E-state index is -2.33. The van der Waals surface area contributed by atoms with Crippen LogP contribution in [-0.2, 0) is 0 Å². The van der Waals surface area contributed by atoms with E-state index in [1.165, 1.54) is 0 Å². The Morgan fingerprint density at radius 3 is 1.15 bits per heavy atom. The van der Waals surface area contributed by atoms with Crippen molar-refractivity contribution in [2.45, 2.75) is 0 Å². The smallest absolute Gasteiger partial charge is 0.652 e. The zero-order valence-electron chi connectivity index (χ0n) is 6.30. The molecule has 0 aliphatic rings. The van der Waals surface area contributed by atoms with Gasteiger partial charge in [-0.25, -0.2) is 9.59 Å². The summed E-state index contributed by atoms with van der Waals surface area (Å²) in [6.07, 6.45) is -2.33. The first kappa shape index (κ1) is 18.0. The van der Waals surface area contributed by atoms with Crippen molar-refractivity contribution >= 4 is 56.0 Å². The molecule has 0 heterocycles. The number of amides is 4. The maximum Gasteiger partial charge on any atom is 2.00 e. The van der Waals surface area contributed by atoms with Gasteiger partial charge in [0.2, 0.25) is 0 Å². The van der Waals surface area contributed by atoms with Crippen LogP contribution in [-0.4, -0.2) is 56.0 Å². The van der Waals surface area contributed by atoms with E-state index in [0.717, 1.165) is 0 Å². The largest absolute Gasteiger partial charge is 2.00 e. The Morgan fingerprint density at radius 2 is 1.08 bits per heavy atom. The monoisotopic (exact) mass is 216 g/mol. The second-order valence-corrected chi connectivity index (χ2v) is 1.13. The van der Waals surface area contributed by atoms with Gasteiger partial charge in [-0.15, -0.1) is 0 Å². The standard InChI is InChI=1S/C2H4N4O2.CH2O3.Ca/c3-1(7)5-6-2(4)8;2-1(3)4;/h(H2,3,7)(H2,4,8);(H2,2,3,4);/q;;+2/p-2. The third-order valence-corrected chi connectivity index (χ3v) is 0.247. The molecule has 0 radical (unpaired) electrons. The first-order chi connectivity index (χ1) is 5.36. The summed E-state index contributed by atoms with van der Waals surface area (Å²) >= 11 is 0. The van der Waals surface area contributed by atoms with Crippen LogP contribution in [0.3, 0.4) is 0 Å². The number of carboxylic acid groups (broad SMARTS) is 2. The van der Waals surface area contributed by atoms with Gasteiger partial charge in [-0.1, -0.05) is 10.2 Å². The van der Waals surface area contributed by atoms with Gasteiger partial charge in [0.15, 0.2) is 0 Å². The molecule has 0 unspecified atom stereocenters. The number of carbonyl (C=O) groups excluding carboxylic acids is 3. The third kappa shape index (κ3) is 55.0. The van der Waals surface area contributed by atoms with E-state index >= 15 is 0 Å². The van der Waals surface area contributed by atoms with E-state index in [-0.39, 0.29) is 37.7 Å². The molecule has 0 saturated carbocycles. The van der Waals surface area contributed by atoms with Crippen molar-refractivity contribution in [2.75, 3.05) is 0 Å². The summed E-state index contributed by atoms with van der Waals surface area (Å²) in [6, 6.07) is -2.08. The fraction of sp³-hybridized carbons (Fsp3) is 0. The summed E-state index contributed by atoms with van der Waals surface area (Å²) in [6.45, 7) is 0. The Hall–Kier alpha value is -0.930. The van der Waals surface area contributed by atoms with Crippen molar-refractivity contribution in [3.63, 3.8) is 0 Å². The van der Waals surface area contributed by atoms with Crippen LogP contribution in [0, 0.1) is 0 Å². The van der Waals surface area contributed by atoms with Gasteiger partial charge >= 0.3 is 49.8 Å². The fourth-order valence-corrected chi connectivity index (χ4v) is 0.0986. The van der Waals surface area contributed by atoms with Gasteiger partial charge < -0.3 is 26.5 Å². The molecule has 0 spiro atoms. The van der Waals surface area contributed by atoms with Crippen molar-refractivity contribution in [1.29, 1.82) is 0 Å². The number of nitrogens with zero attached hydrogens (tertiary/aromatic N) is 2. The van der Waals surface area contributed by atoms with Gasteiger partial charge in [-0.05, 0) is 6.16 Å². The zero-order chi connectivity index (χ0) is 10.1. The molecule has 0 aromatic rings. The number of nitrogens with two attached hydrogens (primary N) is 2. The van der Waals surface area contributed by atoms with E-state index in [2.05, 4.69) is 21.7 Å². The van der Waals surface area contributed by atoms with E-state index in [1.54, 1.807) is 0 Å². The molecule has 4 N–H and O–H groups in total. The van der Waals surface area contributed by atoms with Crippen molar-refractivity contribution in [3.05, 3.63) is 0 Å². The van der Waals surface area contributed by atoms with E-state index in [4.69, 9.17) is 15.0 Å². The Morgan fingerprint density at radius 1 is 0.923 bits per heavy atom. The molecule has 0 aliphatic heterocycles. The summed E-state index contributed by atoms with van der Waals surface area (Å²) in [5, 5.41) is 21.9. The van der Waals surface area contributed by atoms with Crippen molar-refractivity contribution < 1.29 is 24.6 Å². The Bertz CT molecular complexity index is 196. The number of hydrogen-bond acceptors (Lipinski definition) is 5. The van der Waals surface area contributed by atoms with Gasteiger partial charge in [-0.3, -0.25) is 0 Å². The maximum atomic E-state index is 9.66. The number of rotatable bonds is 0. The average molecular weight is 216 g/mol. The minimum absolute atomic E-state index is 0. The van der Waals surface area contributed by atoms with Crippen LogP contribution in [0.4, 0.5) is 14.4 Å². The molecule has 10 heteroatoms. The molecule has 0 bridgehead atoms. The minimum Gasteiger partial charge on any atom is -0.652 e. The first-order valence-corrected chi connectivity index (χ1v) is 2.25. The molecule has 4 amide bonds. The molecule has 68 valence electrons. The van der Waals surface area contributed by atoms with Crippen molar-refractivity contribution in [2.24, 2.45) is 21.7 Å². The summed E-state index contributed by atoms with van der Waals surface area (Å²) in [5.41, 5.74) is 8.87. The van der Waals surface area contributed by atoms with Gasteiger partial charge in [-0.2, -0.15) is 0 Å². The van der Waals surface area contributed by atoms with Crippen molar-refractivity contribution in [3.8, 4) is 0 Å². The number of primary amides is 2. The van der Waals surface area contributed by atoms with E-state index in [1.807, 2.05) is 0 Å². The molecular weight excluding hydrogens is 212 g/mol. The Balaban J connectivity index is -0.000000173. The van der Waals surface area contributed by atoms with Crippen LogP contribution in [0.2, 0.25) is 0 Å². The van der Waals surface area contributed by atoms with E-state index in [0.29, 0.717) is 0 Å². The predicted molar refractivity (Wildman–Crippen MR) is 35.2 cm³/mol. The average Bonchev–Trinajstić information content (AvgIpc) is 1.82. The normalized spacial score (nSPS) is 7.69. The second kappa shape index (κ2) is 11.1. The number of urea groups is 2. The summed E-state index contributed by atoms with van der Waals surface area (Å²) in [4.78, 5) is 27.6. The van der Waals surface area contributed by atoms with Crippen LogP contribution >= 0.6 is 0 Å². The van der Waals surface area contributed by atoms with Crippen LogP contribution in [0.1, 0.15) is 0 Å². The molecule has 0 atom stereocenters. The van der Waals surface area contributed by atoms with Crippen LogP contribution in [0.25, 0.3) is 0 Å². The second-order valence-electron chi connectivity index (χ2n) is 1.13. The van der Waals surface area contributed by atoms with Crippen LogP contribution < -0.4 is 21.7 Å². The van der Waals surface area contributed by atoms with E-state index in [9.17, 15) is 9.59 Å². The molecule has 0 aromatic heterocycles. The maximum absolute atomic E-state index is 9.66. The SMILES string of the molecule is NC(=O)N=NC(N)=O.O=C([O-])[O-].[Ca+2]. The van der Waals surface area contributed by atoms with Gasteiger partial charge in [0.05, 0.1) is 0 Å². The zero-order valence-corrected chi connectivity index (χ0v) is 8.51. The van der Waals surface area contributed by atoms with Crippen LogP contribution in [0.5, 0.6) is 0 Å². The summed E-state index contributed by atoms with van der Waals surface area (Å²) in [5.74, 6) is 0. The molecule has 0 aliphatic carbocycles. The van der Waals surface area contributed by atoms with Gasteiger partial charge in [0.1, 0.15) is 0 Å². The Labute approximate surface area is 102 Å². The number of hydrogen-bond donors (Lipinski definition) is 2. The third-order valence-electron chi connectivity index (χ3n) is 0.247. The van der Waals surface area contributed by atoms with Crippen LogP contribution in [0.15, 0.2) is 10.2 Å². The molecule has 0 rings (SSSR count). The first-order valence-electron chi connectivity index (χ1n) is 2.25. The number of azo groups is 1.